The standard InChI is InChI=1S/C13H15BrN4O2S/c1-7(15-2)9-5-4-8(6-10(9)14)21-13-16-11(19)12(20)17-18(13)3/h4-7,15H,1-3H3,(H,17,20). The molecule has 112 valence electrons. The van der Waals surface area contributed by atoms with Gasteiger partial charge >= 0.3 is 11.1 Å². The molecule has 0 aliphatic carbocycles. The largest absolute Gasteiger partial charge is 0.339 e. The summed E-state index contributed by atoms with van der Waals surface area (Å²) in [7, 11) is 3.54. The number of aromatic amines is 1. The topological polar surface area (TPSA) is 79.8 Å². The van der Waals surface area contributed by atoms with Crippen molar-refractivity contribution in [3.63, 3.8) is 0 Å². The molecule has 0 spiro atoms. The number of benzene rings is 1. The zero-order chi connectivity index (χ0) is 15.6. The monoisotopic (exact) mass is 370 g/mol. The fourth-order valence-electron chi connectivity index (χ4n) is 1.74. The Hall–Kier alpha value is -1.38. The highest BCUT2D eigenvalue weighted by Gasteiger charge is 2.10. The van der Waals surface area contributed by atoms with Crippen LogP contribution in [-0.2, 0) is 7.05 Å². The van der Waals surface area contributed by atoms with Crippen LogP contribution in [0, 0.1) is 0 Å². The van der Waals surface area contributed by atoms with Crippen molar-refractivity contribution in [1.29, 1.82) is 0 Å². The molecule has 2 aromatic rings. The number of halogens is 1. The normalized spacial score (nSPS) is 12.4. The minimum absolute atomic E-state index is 0.231. The van der Waals surface area contributed by atoms with Crippen LogP contribution in [0.4, 0.5) is 0 Å². The highest BCUT2D eigenvalue weighted by atomic mass is 79.9. The SMILES string of the molecule is CNC(C)c1ccc(Sc2nc(=O)c(=O)[nH]n2C)cc1Br. The van der Waals surface area contributed by atoms with E-state index in [1.54, 1.807) is 7.05 Å². The number of nitrogens with one attached hydrogen (secondary N) is 2. The lowest BCUT2D eigenvalue weighted by atomic mass is 10.1. The fraction of sp³-hybridized carbons (Fsp3) is 0.308. The van der Waals surface area contributed by atoms with Crippen LogP contribution in [0.3, 0.4) is 0 Å². The van der Waals surface area contributed by atoms with Gasteiger partial charge in [-0.3, -0.25) is 19.4 Å². The molecule has 0 amide bonds. The molecule has 0 fully saturated rings. The second-order valence-corrected chi connectivity index (χ2v) is 6.39. The van der Waals surface area contributed by atoms with Crippen LogP contribution in [0.15, 0.2) is 42.3 Å². The Morgan fingerprint density at radius 1 is 1.43 bits per heavy atom. The summed E-state index contributed by atoms with van der Waals surface area (Å²) in [6, 6.07) is 6.16. The molecular formula is C13H15BrN4O2S. The summed E-state index contributed by atoms with van der Waals surface area (Å²) in [5.41, 5.74) is -0.360. The summed E-state index contributed by atoms with van der Waals surface area (Å²) < 4.78 is 2.41. The Bertz CT molecular complexity index is 771. The van der Waals surface area contributed by atoms with Gasteiger partial charge in [0.05, 0.1) is 0 Å². The van der Waals surface area contributed by atoms with Crippen LogP contribution < -0.4 is 16.4 Å². The Balaban J connectivity index is 2.33. The fourth-order valence-corrected chi connectivity index (χ4v) is 3.44. The third-order valence-electron chi connectivity index (χ3n) is 3.03. The number of nitrogens with zero attached hydrogens (tertiary/aromatic N) is 2. The van der Waals surface area contributed by atoms with Gasteiger partial charge in [0.25, 0.3) is 0 Å². The smallest absolute Gasteiger partial charge is 0.313 e. The van der Waals surface area contributed by atoms with Crippen LogP contribution >= 0.6 is 27.7 Å². The van der Waals surface area contributed by atoms with Gasteiger partial charge in [-0.05, 0) is 31.7 Å². The first-order chi connectivity index (χ1) is 9.92. The van der Waals surface area contributed by atoms with Crippen molar-refractivity contribution in [2.45, 2.75) is 23.0 Å². The van der Waals surface area contributed by atoms with Crippen LogP contribution in [0.2, 0.25) is 0 Å². The number of hydrogen-bond acceptors (Lipinski definition) is 5. The van der Waals surface area contributed by atoms with Crippen molar-refractivity contribution < 1.29 is 0 Å². The van der Waals surface area contributed by atoms with Gasteiger partial charge in [-0.25, -0.2) is 0 Å². The zero-order valence-electron chi connectivity index (χ0n) is 11.8. The van der Waals surface area contributed by atoms with Crippen molar-refractivity contribution in [3.05, 3.63) is 48.9 Å². The predicted octanol–water partition coefficient (Wildman–Crippen LogP) is 1.66. The molecule has 0 saturated heterocycles. The van der Waals surface area contributed by atoms with Gasteiger partial charge < -0.3 is 5.32 Å². The van der Waals surface area contributed by atoms with Crippen molar-refractivity contribution in [1.82, 2.24) is 20.1 Å². The average Bonchev–Trinajstić information content (AvgIpc) is 2.44. The van der Waals surface area contributed by atoms with Crippen molar-refractivity contribution in [3.8, 4) is 0 Å². The molecule has 8 heteroatoms. The number of hydrogen-bond donors (Lipinski definition) is 2. The Labute approximate surface area is 134 Å². The third-order valence-corrected chi connectivity index (χ3v) is 4.75. The summed E-state index contributed by atoms with van der Waals surface area (Å²) >= 11 is 4.86. The lowest BCUT2D eigenvalue weighted by Gasteiger charge is -2.14. The number of H-pyrrole nitrogens is 1. The summed E-state index contributed by atoms with van der Waals surface area (Å²) in [5, 5.41) is 6.04. The van der Waals surface area contributed by atoms with E-state index in [1.165, 1.54) is 16.4 Å². The minimum atomic E-state index is -0.782. The molecule has 0 saturated carbocycles. The van der Waals surface area contributed by atoms with Gasteiger partial charge in [0.2, 0.25) is 0 Å². The van der Waals surface area contributed by atoms with E-state index >= 15 is 0 Å². The molecule has 0 radical (unpaired) electrons. The maximum Gasteiger partial charge on any atom is 0.339 e. The number of aromatic nitrogens is 3. The van der Waals surface area contributed by atoms with Crippen LogP contribution in [-0.4, -0.2) is 21.8 Å². The number of aryl methyl sites for hydroxylation is 1. The molecule has 21 heavy (non-hydrogen) atoms. The summed E-state index contributed by atoms with van der Waals surface area (Å²) in [4.78, 5) is 27.2. The first-order valence-electron chi connectivity index (χ1n) is 6.24. The Kier molecular flexibility index (Phi) is 5.02. The van der Waals surface area contributed by atoms with Crippen LogP contribution in [0.5, 0.6) is 0 Å². The van der Waals surface area contributed by atoms with E-state index in [-0.39, 0.29) is 6.04 Å². The second-order valence-electron chi connectivity index (χ2n) is 4.50. The van der Waals surface area contributed by atoms with E-state index < -0.39 is 11.1 Å². The van der Waals surface area contributed by atoms with Gasteiger partial charge in [-0.2, -0.15) is 4.98 Å². The summed E-state index contributed by atoms with van der Waals surface area (Å²) in [6.45, 7) is 2.07. The van der Waals surface area contributed by atoms with Gasteiger partial charge in [0, 0.05) is 22.5 Å². The second kappa shape index (κ2) is 6.59. The molecule has 1 atom stereocenters. The first kappa shape index (κ1) is 16.0. The maximum atomic E-state index is 11.3. The molecular weight excluding hydrogens is 356 g/mol. The van der Waals surface area contributed by atoms with E-state index in [2.05, 4.69) is 38.3 Å². The molecule has 2 rings (SSSR count). The van der Waals surface area contributed by atoms with E-state index in [4.69, 9.17) is 0 Å². The van der Waals surface area contributed by atoms with E-state index in [0.717, 1.165) is 14.9 Å². The van der Waals surface area contributed by atoms with Gasteiger partial charge in [-0.15, -0.1) is 0 Å². The van der Waals surface area contributed by atoms with Crippen LogP contribution in [0.25, 0.3) is 0 Å². The van der Waals surface area contributed by atoms with E-state index in [1.807, 2.05) is 25.2 Å². The minimum Gasteiger partial charge on any atom is -0.313 e. The lowest BCUT2D eigenvalue weighted by Crippen LogP contribution is -2.33. The molecule has 1 heterocycles. The highest BCUT2D eigenvalue weighted by Crippen LogP contribution is 2.31. The van der Waals surface area contributed by atoms with Gasteiger partial charge in [-0.1, -0.05) is 33.8 Å². The maximum absolute atomic E-state index is 11.3. The highest BCUT2D eigenvalue weighted by molar-refractivity contribution is 9.10. The molecule has 2 N–H and O–H groups in total. The molecule has 6 nitrogen and oxygen atoms in total. The quantitative estimate of drug-likeness (QED) is 0.800. The van der Waals surface area contributed by atoms with Gasteiger partial charge in [0.15, 0.2) is 5.16 Å². The van der Waals surface area contributed by atoms with Crippen molar-refractivity contribution in [2.75, 3.05) is 7.05 Å². The first-order valence-corrected chi connectivity index (χ1v) is 7.85. The molecule has 1 aromatic carbocycles. The molecule has 1 aromatic heterocycles. The van der Waals surface area contributed by atoms with Crippen molar-refractivity contribution >= 4 is 27.7 Å². The number of rotatable bonds is 4. The van der Waals surface area contributed by atoms with Crippen molar-refractivity contribution in [2.24, 2.45) is 7.05 Å². The summed E-state index contributed by atoms with van der Waals surface area (Å²) in [5.74, 6) is 0. The average molecular weight is 371 g/mol. The van der Waals surface area contributed by atoms with Gasteiger partial charge in [0.1, 0.15) is 0 Å². The molecule has 1 unspecified atom stereocenters. The third kappa shape index (κ3) is 3.63. The molecule has 0 aliphatic rings. The summed E-state index contributed by atoms with van der Waals surface area (Å²) in [6.07, 6.45) is 0. The van der Waals surface area contributed by atoms with Crippen LogP contribution in [0.1, 0.15) is 18.5 Å². The molecule has 0 bridgehead atoms. The van der Waals surface area contributed by atoms with E-state index in [0.29, 0.717) is 5.16 Å². The molecule has 0 aliphatic heterocycles. The zero-order valence-corrected chi connectivity index (χ0v) is 14.2. The predicted molar refractivity (Wildman–Crippen MR) is 85.8 cm³/mol. The van der Waals surface area contributed by atoms with E-state index in [9.17, 15) is 9.59 Å². The lowest BCUT2D eigenvalue weighted by molar-refractivity contribution is 0.596. The Morgan fingerprint density at radius 2 is 2.14 bits per heavy atom. The Morgan fingerprint density at radius 3 is 2.76 bits per heavy atom.